The minimum Gasteiger partial charge on any atom is -0.226 e. The van der Waals surface area contributed by atoms with Gasteiger partial charge in [-0.15, -0.1) is 0 Å². The van der Waals surface area contributed by atoms with Gasteiger partial charge < -0.3 is 0 Å². The number of hydrogen-bond donors (Lipinski definition) is 0. The molecule has 0 aromatic rings. The Morgan fingerprint density at radius 1 is 1.30 bits per heavy atom. The summed E-state index contributed by atoms with van der Waals surface area (Å²) in [5.41, 5.74) is -0.0305. The lowest BCUT2D eigenvalue weighted by molar-refractivity contribution is 0.586. The normalized spacial score (nSPS) is 10.4. The second-order valence-electron chi connectivity index (χ2n) is 3.26. The zero-order valence-electron chi connectivity index (χ0n) is 7.31. The minimum absolute atomic E-state index is 0.0305. The van der Waals surface area contributed by atoms with Crippen LogP contribution in [0.2, 0.25) is 0 Å². The lowest BCUT2D eigenvalue weighted by Gasteiger charge is -2.06. The summed E-state index contributed by atoms with van der Waals surface area (Å²) in [6.07, 6.45) is 1.06. The van der Waals surface area contributed by atoms with E-state index in [1.807, 2.05) is 20.8 Å². The van der Waals surface area contributed by atoms with Gasteiger partial charge in [-0.2, -0.15) is 0 Å². The Hall–Kier alpha value is -0.620. The van der Waals surface area contributed by atoms with Crippen LogP contribution >= 0.6 is 0 Å². The lowest BCUT2D eigenvalue weighted by Crippen LogP contribution is -2.08. The third-order valence-electron chi connectivity index (χ3n) is 0.792. The van der Waals surface area contributed by atoms with Crippen molar-refractivity contribution < 1.29 is 0 Å². The van der Waals surface area contributed by atoms with Crippen LogP contribution in [-0.2, 0) is 0 Å². The molecule has 2 nitrogen and oxygen atoms in total. The predicted molar refractivity (Wildman–Crippen MR) is 44.8 cm³/mol. The Bertz CT molecular complexity index is 136. The molecule has 58 valence electrons. The highest BCUT2D eigenvalue weighted by Gasteiger charge is 2.03. The van der Waals surface area contributed by atoms with E-state index in [9.17, 15) is 0 Å². The molecule has 0 aliphatic heterocycles. The largest absolute Gasteiger partial charge is 0.226 e. The van der Waals surface area contributed by atoms with Gasteiger partial charge in [-0.25, -0.2) is 9.98 Å². The van der Waals surface area contributed by atoms with E-state index in [2.05, 4.69) is 22.9 Å². The van der Waals surface area contributed by atoms with Crippen molar-refractivity contribution in [3.05, 3.63) is 0 Å². The molecular formula is C8H16N2. The lowest BCUT2D eigenvalue weighted by atomic mass is 10.1. The third kappa shape index (κ3) is 7.38. The van der Waals surface area contributed by atoms with Gasteiger partial charge in [-0.3, -0.25) is 0 Å². The van der Waals surface area contributed by atoms with Gasteiger partial charge in [0, 0.05) is 6.54 Å². The zero-order valence-corrected chi connectivity index (χ0v) is 7.31. The summed E-state index contributed by atoms with van der Waals surface area (Å²) in [6.45, 7) is 9.01. The first kappa shape index (κ1) is 9.38. The summed E-state index contributed by atoms with van der Waals surface area (Å²) in [6, 6.07) is 2.68. The molecule has 0 unspecified atom stereocenters. The SMILES string of the molecule is CCCN=C=NC(C)(C)C. The van der Waals surface area contributed by atoms with Gasteiger partial charge in [0.15, 0.2) is 0 Å². The van der Waals surface area contributed by atoms with Crippen molar-refractivity contribution in [2.75, 3.05) is 6.54 Å². The first-order valence-corrected chi connectivity index (χ1v) is 3.69. The van der Waals surface area contributed by atoms with Crippen LogP contribution in [0.3, 0.4) is 0 Å². The van der Waals surface area contributed by atoms with E-state index in [0.717, 1.165) is 13.0 Å². The predicted octanol–water partition coefficient (Wildman–Crippen LogP) is 2.37. The van der Waals surface area contributed by atoms with Crippen LogP contribution in [0.5, 0.6) is 0 Å². The highest BCUT2D eigenvalue weighted by Crippen LogP contribution is 2.03. The van der Waals surface area contributed by atoms with Crippen molar-refractivity contribution in [1.82, 2.24) is 0 Å². The van der Waals surface area contributed by atoms with Crippen molar-refractivity contribution in [1.29, 1.82) is 0 Å². The summed E-state index contributed by atoms with van der Waals surface area (Å²) < 4.78 is 0. The standard InChI is InChI=1S/C8H16N2/c1-5-6-9-7-10-8(2,3)4/h5-6H2,1-4H3. The van der Waals surface area contributed by atoms with Crippen LogP contribution in [0.1, 0.15) is 34.1 Å². The second kappa shape index (κ2) is 4.24. The summed E-state index contributed by atoms with van der Waals surface area (Å²) in [5.74, 6) is 0. The number of nitrogens with zero attached hydrogens (tertiary/aromatic N) is 2. The van der Waals surface area contributed by atoms with Crippen LogP contribution in [0, 0.1) is 0 Å². The van der Waals surface area contributed by atoms with E-state index in [0.29, 0.717) is 0 Å². The van der Waals surface area contributed by atoms with E-state index < -0.39 is 0 Å². The molecule has 0 aromatic heterocycles. The Labute approximate surface area is 63.1 Å². The topological polar surface area (TPSA) is 24.7 Å². The fourth-order valence-corrected chi connectivity index (χ4v) is 0.347. The minimum atomic E-state index is -0.0305. The van der Waals surface area contributed by atoms with Crippen LogP contribution in [0.15, 0.2) is 9.98 Å². The number of rotatable bonds is 2. The van der Waals surface area contributed by atoms with E-state index >= 15 is 0 Å². The maximum Gasteiger partial charge on any atom is 0.0898 e. The molecule has 0 radical (unpaired) electrons. The highest BCUT2D eigenvalue weighted by molar-refractivity contribution is 5.42. The fraction of sp³-hybridized carbons (Fsp3) is 0.875. The molecule has 0 bridgehead atoms. The maximum atomic E-state index is 4.08. The van der Waals surface area contributed by atoms with E-state index in [4.69, 9.17) is 0 Å². The first-order valence-electron chi connectivity index (χ1n) is 3.69. The fourth-order valence-electron chi connectivity index (χ4n) is 0.347. The van der Waals surface area contributed by atoms with Crippen molar-refractivity contribution in [2.24, 2.45) is 9.98 Å². The first-order chi connectivity index (χ1) is 4.56. The molecular weight excluding hydrogens is 124 g/mol. The summed E-state index contributed by atoms with van der Waals surface area (Å²) in [7, 11) is 0. The van der Waals surface area contributed by atoms with Gasteiger partial charge in [0.2, 0.25) is 0 Å². The molecule has 0 saturated heterocycles. The molecule has 10 heavy (non-hydrogen) atoms. The van der Waals surface area contributed by atoms with Gasteiger partial charge in [0.1, 0.15) is 0 Å². The molecule has 0 atom stereocenters. The Morgan fingerprint density at radius 2 is 1.90 bits per heavy atom. The second-order valence-corrected chi connectivity index (χ2v) is 3.26. The maximum absolute atomic E-state index is 4.08. The Balaban J connectivity index is 3.74. The van der Waals surface area contributed by atoms with Crippen LogP contribution < -0.4 is 0 Å². The van der Waals surface area contributed by atoms with Gasteiger partial charge in [0.05, 0.1) is 11.5 Å². The summed E-state index contributed by atoms with van der Waals surface area (Å²) in [5, 5.41) is 0. The van der Waals surface area contributed by atoms with Crippen LogP contribution in [-0.4, -0.2) is 18.1 Å². The molecule has 0 saturated carbocycles. The van der Waals surface area contributed by atoms with Crippen LogP contribution in [0.4, 0.5) is 0 Å². The molecule has 0 aliphatic rings. The summed E-state index contributed by atoms with van der Waals surface area (Å²) >= 11 is 0. The van der Waals surface area contributed by atoms with Crippen LogP contribution in [0.25, 0.3) is 0 Å². The van der Waals surface area contributed by atoms with E-state index in [1.165, 1.54) is 0 Å². The third-order valence-corrected chi connectivity index (χ3v) is 0.792. The number of hydrogen-bond acceptors (Lipinski definition) is 2. The molecule has 0 fully saturated rings. The highest BCUT2D eigenvalue weighted by atomic mass is 14.9. The Morgan fingerprint density at radius 3 is 2.30 bits per heavy atom. The van der Waals surface area contributed by atoms with Gasteiger partial charge >= 0.3 is 0 Å². The van der Waals surface area contributed by atoms with Crippen molar-refractivity contribution in [3.63, 3.8) is 0 Å². The molecule has 0 spiro atoms. The molecule has 0 rings (SSSR count). The van der Waals surface area contributed by atoms with Gasteiger partial charge in [0.25, 0.3) is 0 Å². The molecule has 0 N–H and O–H groups in total. The zero-order chi connectivity index (χ0) is 8.04. The molecule has 0 heterocycles. The Kier molecular flexibility index (Phi) is 3.97. The van der Waals surface area contributed by atoms with Crippen molar-refractivity contribution in [3.8, 4) is 0 Å². The molecule has 0 amide bonds. The molecule has 0 aromatic carbocycles. The molecule has 0 aliphatic carbocycles. The van der Waals surface area contributed by atoms with Gasteiger partial charge in [-0.05, 0) is 27.2 Å². The quantitative estimate of drug-likeness (QED) is 0.526. The van der Waals surface area contributed by atoms with Gasteiger partial charge in [-0.1, -0.05) is 6.92 Å². The average Bonchev–Trinajstić information content (AvgIpc) is 1.78. The smallest absolute Gasteiger partial charge is 0.0898 e. The van der Waals surface area contributed by atoms with E-state index in [-0.39, 0.29) is 5.54 Å². The monoisotopic (exact) mass is 140 g/mol. The summed E-state index contributed by atoms with van der Waals surface area (Å²) in [4.78, 5) is 8.04. The average molecular weight is 140 g/mol. The van der Waals surface area contributed by atoms with Crippen molar-refractivity contribution >= 4 is 6.01 Å². The van der Waals surface area contributed by atoms with E-state index in [1.54, 1.807) is 0 Å². The van der Waals surface area contributed by atoms with Crippen molar-refractivity contribution in [2.45, 2.75) is 39.7 Å². The molecule has 2 heteroatoms. The number of aliphatic imine (C=N–C) groups is 2.